The Morgan fingerprint density at radius 3 is 2.53 bits per heavy atom. The predicted molar refractivity (Wildman–Crippen MR) is 83.9 cm³/mol. The van der Waals surface area contributed by atoms with Crippen LogP contribution in [0.25, 0.3) is 11.3 Å². The maximum atomic E-state index is 11.8. The van der Waals surface area contributed by atoms with Gasteiger partial charge in [0.15, 0.2) is 5.13 Å². The number of halogens is 1. The number of amides is 1. The van der Waals surface area contributed by atoms with Crippen molar-refractivity contribution in [2.24, 2.45) is 0 Å². The lowest BCUT2D eigenvalue weighted by Gasteiger charge is -2.13. The fourth-order valence-corrected chi connectivity index (χ4v) is 2.25. The molecule has 1 amide bonds. The Kier molecular flexibility index (Phi) is 4.06. The van der Waals surface area contributed by atoms with Crippen LogP contribution in [0, 0.1) is 6.92 Å². The zero-order chi connectivity index (χ0) is 14.0. The average molecular weight is 339 g/mol. The van der Waals surface area contributed by atoms with Crippen molar-refractivity contribution in [2.45, 2.75) is 25.1 Å². The number of alkyl halides is 1. The van der Waals surface area contributed by atoms with Crippen LogP contribution in [0.15, 0.2) is 29.6 Å². The van der Waals surface area contributed by atoms with Gasteiger partial charge in [0.1, 0.15) is 0 Å². The van der Waals surface area contributed by atoms with Gasteiger partial charge in [0.25, 0.3) is 0 Å². The molecule has 2 aromatic rings. The van der Waals surface area contributed by atoms with E-state index in [4.69, 9.17) is 0 Å². The Morgan fingerprint density at radius 1 is 1.32 bits per heavy atom. The van der Waals surface area contributed by atoms with E-state index in [0.717, 1.165) is 11.3 Å². The van der Waals surface area contributed by atoms with Crippen LogP contribution in [0.3, 0.4) is 0 Å². The Hall–Kier alpha value is -1.20. The van der Waals surface area contributed by atoms with E-state index < -0.39 is 4.32 Å². The second-order valence-electron chi connectivity index (χ2n) is 4.83. The third-order valence-corrected chi connectivity index (χ3v) is 3.73. The van der Waals surface area contributed by atoms with Crippen LogP contribution >= 0.6 is 27.3 Å². The molecule has 100 valence electrons. The molecule has 0 saturated heterocycles. The third kappa shape index (κ3) is 3.64. The van der Waals surface area contributed by atoms with Crippen molar-refractivity contribution in [3.8, 4) is 11.3 Å². The Labute approximate surface area is 125 Å². The molecule has 2 rings (SSSR count). The second-order valence-corrected chi connectivity index (χ2v) is 7.67. The van der Waals surface area contributed by atoms with E-state index in [1.165, 1.54) is 16.9 Å². The van der Waals surface area contributed by atoms with Crippen molar-refractivity contribution < 1.29 is 4.79 Å². The van der Waals surface area contributed by atoms with Crippen LogP contribution in [0.5, 0.6) is 0 Å². The smallest absolute Gasteiger partial charge is 0.242 e. The molecule has 5 heteroatoms. The normalized spacial score (nSPS) is 11.4. The van der Waals surface area contributed by atoms with Crippen molar-refractivity contribution >= 4 is 38.3 Å². The molecule has 0 atom stereocenters. The number of thiazole rings is 1. The number of nitrogens with one attached hydrogen (secondary N) is 1. The number of anilines is 1. The van der Waals surface area contributed by atoms with E-state index >= 15 is 0 Å². The van der Waals surface area contributed by atoms with Gasteiger partial charge in [0.2, 0.25) is 5.91 Å². The first-order valence-corrected chi connectivity index (χ1v) is 7.56. The first-order chi connectivity index (χ1) is 8.86. The summed E-state index contributed by atoms with van der Waals surface area (Å²) in [6.07, 6.45) is 0. The lowest BCUT2D eigenvalue weighted by Crippen LogP contribution is -2.30. The number of aromatic nitrogens is 1. The summed E-state index contributed by atoms with van der Waals surface area (Å²) in [4.78, 5) is 16.3. The van der Waals surface area contributed by atoms with Crippen molar-refractivity contribution in [2.75, 3.05) is 5.32 Å². The van der Waals surface area contributed by atoms with Crippen LogP contribution in [-0.4, -0.2) is 15.2 Å². The number of nitrogens with zero attached hydrogens (tertiary/aromatic N) is 1. The fraction of sp³-hybridized carbons (Fsp3) is 0.286. The summed E-state index contributed by atoms with van der Waals surface area (Å²) in [5, 5.41) is 5.37. The maximum Gasteiger partial charge on any atom is 0.242 e. The van der Waals surface area contributed by atoms with E-state index in [1.54, 1.807) is 13.8 Å². The largest absolute Gasteiger partial charge is 0.301 e. The zero-order valence-electron chi connectivity index (χ0n) is 11.0. The van der Waals surface area contributed by atoms with Gasteiger partial charge in [-0.05, 0) is 20.8 Å². The third-order valence-electron chi connectivity index (χ3n) is 2.61. The molecular formula is C14H15BrN2OS. The van der Waals surface area contributed by atoms with Crippen molar-refractivity contribution in [1.82, 2.24) is 4.98 Å². The second kappa shape index (κ2) is 5.43. The molecule has 0 aliphatic heterocycles. The first-order valence-electron chi connectivity index (χ1n) is 5.89. The lowest BCUT2D eigenvalue weighted by atomic mass is 10.1. The number of carbonyl (C=O) groups excluding carboxylic acids is 1. The SMILES string of the molecule is Cc1ccc(-c2csc(NC(=O)C(C)(C)Br)n2)cc1. The minimum absolute atomic E-state index is 0.0997. The molecular weight excluding hydrogens is 324 g/mol. The van der Waals surface area contributed by atoms with Gasteiger partial charge in [-0.1, -0.05) is 45.8 Å². The van der Waals surface area contributed by atoms with E-state index in [2.05, 4.69) is 45.3 Å². The molecule has 1 aromatic carbocycles. The minimum Gasteiger partial charge on any atom is -0.301 e. The van der Waals surface area contributed by atoms with Gasteiger partial charge in [-0.3, -0.25) is 4.79 Å². The highest BCUT2D eigenvalue weighted by Gasteiger charge is 2.24. The number of hydrogen-bond acceptors (Lipinski definition) is 3. The quantitative estimate of drug-likeness (QED) is 0.851. The molecule has 1 aromatic heterocycles. The van der Waals surface area contributed by atoms with Gasteiger partial charge in [-0.2, -0.15) is 0 Å². The Morgan fingerprint density at radius 2 is 1.95 bits per heavy atom. The van der Waals surface area contributed by atoms with Gasteiger partial charge in [-0.15, -0.1) is 11.3 Å². The lowest BCUT2D eigenvalue weighted by molar-refractivity contribution is -0.117. The van der Waals surface area contributed by atoms with Gasteiger partial charge in [0, 0.05) is 10.9 Å². The molecule has 0 radical (unpaired) electrons. The minimum atomic E-state index is -0.595. The summed E-state index contributed by atoms with van der Waals surface area (Å²) < 4.78 is -0.595. The molecule has 3 nitrogen and oxygen atoms in total. The van der Waals surface area contributed by atoms with Crippen LogP contribution in [0.1, 0.15) is 19.4 Å². The van der Waals surface area contributed by atoms with Gasteiger partial charge in [0.05, 0.1) is 10.0 Å². The number of rotatable bonds is 3. The molecule has 0 fully saturated rings. The molecule has 19 heavy (non-hydrogen) atoms. The van der Waals surface area contributed by atoms with Crippen LogP contribution < -0.4 is 5.32 Å². The molecule has 0 spiro atoms. The van der Waals surface area contributed by atoms with Crippen molar-refractivity contribution in [3.05, 3.63) is 35.2 Å². The summed E-state index contributed by atoms with van der Waals surface area (Å²) in [7, 11) is 0. The van der Waals surface area contributed by atoms with E-state index in [9.17, 15) is 4.79 Å². The summed E-state index contributed by atoms with van der Waals surface area (Å²) in [5.41, 5.74) is 3.15. The standard InChI is InChI=1S/C14H15BrN2OS/c1-9-4-6-10(7-5-9)11-8-19-13(16-11)17-12(18)14(2,3)15/h4-8H,1-3H3,(H,16,17,18). The van der Waals surface area contributed by atoms with Gasteiger partial charge >= 0.3 is 0 Å². The molecule has 0 saturated carbocycles. The summed E-state index contributed by atoms with van der Waals surface area (Å²) >= 11 is 4.76. The highest BCUT2D eigenvalue weighted by Crippen LogP contribution is 2.26. The predicted octanol–water partition coefficient (Wildman–Crippen LogP) is 4.23. The van der Waals surface area contributed by atoms with Gasteiger partial charge < -0.3 is 5.32 Å². The van der Waals surface area contributed by atoms with Crippen LogP contribution in [0.4, 0.5) is 5.13 Å². The summed E-state index contributed by atoms with van der Waals surface area (Å²) in [5.74, 6) is -0.0997. The van der Waals surface area contributed by atoms with Crippen LogP contribution in [-0.2, 0) is 4.79 Å². The average Bonchev–Trinajstić information content (AvgIpc) is 2.77. The number of hydrogen-bond donors (Lipinski definition) is 1. The van der Waals surface area contributed by atoms with Crippen molar-refractivity contribution in [1.29, 1.82) is 0 Å². The maximum absolute atomic E-state index is 11.8. The van der Waals surface area contributed by atoms with Gasteiger partial charge in [-0.25, -0.2) is 4.98 Å². The summed E-state index contributed by atoms with van der Waals surface area (Å²) in [6, 6.07) is 8.16. The first kappa shape index (κ1) is 14.2. The Bertz CT molecular complexity index is 584. The molecule has 0 unspecified atom stereocenters. The summed E-state index contributed by atoms with van der Waals surface area (Å²) in [6.45, 7) is 5.65. The number of aryl methyl sites for hydroxylation is 1. The molecule has 0 aliphatic rings. The monoisotopic (exact) mass is 338 g/mol. The molecule has 1 N–H and O–H groups in total. The highest BCUT2D eigenvalue weighted by atomic mass is 79.9. The fourth-order valence-electron chi connectivity index (χ4n) is 1.43. The Balaban J connectivity index is 2.16. The zero-order valence-corrected chi connectivity index (χ0v) is 13.4. The molecule has 1 heterocycles. The molecule has 0 aliphatic carbocycles. The molecule has 0 bridgehead atoms. The van der Waals surface area contributed by atoms with Crippen molar-refractivity contribution in [3.63, 3.8) is 0 Å². The van der Waals surface area contributed by atoms with E-state index in [0.29, 0.717) is 5.13 Å². The number of benzene rings is 1. The highest BCUT2D eigenvalue weighted by molar-refractivity contribution is 9.10. The topological polar surface area (TPSA) is 42.0 Å². The number of carbonyl (C=O) groups is 1. The van der Waals surface area contributed by atoms with E-state index in [1.807, 2.05) is 17.5 Å². The van der Waals surface area contributed by atoms with Crippen LogP contribution in [0.2, 0.25) is 0 Å². The van der Waals surface area contributed by atoms with E-state index in [-0.39, 0.29) is 5.91 Å².